The maximum Gasteiger partial charge on any atom is 0.168 e. The molecule has 0 aromatic rings. The Morgan fingerprint density at radius 2 is 2.20 bits per heavy atom. The molecule has 4 heteroatoms. The van der Waals surface area contributed by atoms with Crippen molar-refractivity contribution in [3.8, 4) is 0 Å². The monoisotopic (exact) mass is 146 g/mol. The summed E-state index contributed by atoms with van der Waals surface area (Å²) in [6.45, 7) is -0.244. The molecule has 0 heterocycles. The Balaban J connectivity index is 3.58. The van der Waals surface area contributed by atoms with Crippen molar-refractivity contribution < 1.29 is 19.8 Å². The number of hydrogen-bond acceptors (Lipinski definition) is 4. The van der Waals surface area contributed by atoms with Crippen LogP contribution in [0.5, 0.6) is 0 Å². The summed E-state index contributed by atoms with van der Waals surface area (Å²) >= 11 is 0. The van der Waals surface area contributed by atoms with Gasteiger partial charge in [-0.25, -0.2) is 0 Å². The van der Waals surface area contributed by atoms with E-state index >= 15 is 0 Å². The van der Waals surface area contributed by atoms with Gasteiger partial charge in [-0.1, -0.05) is 0 Å². The van der Waals surface area contributed by atoms with Crippen LogP contribution in [0.15, 0.2) is 0 Å². The van der Waals surface area contributed by atoms with Crippen LogP contribution in [0.4, 0.5) is 0 Å². The lowest BCUT2D eigenvalue weighted by Gasteiger charge is -2.03. The normalized spacial score (nSPS) is 12.6. The standard InChI is InChI=1S/C6H10O4/c7-3-1-5(9)6(10)2-4-8/h3,6,8,10H,1-2,4H2. The van der Waals surface area contributed by atoms with Crippen LogP contribution in [0.2, 0.25) is 0 Å². The van der Waals surface area contributed by atoms with Crippen LogP contribution in [0.25, 0.3) is 0 Å². The van der Waals surface area contributed by atoms with Crippen LogP contribution in [-0.2, 0) is 9.59 Å². The molecular weight excluding hydrogens is 136 g/mol. The number of aliphatic hydroxyl groups is 2. The Morgan fingerprint density at radius 3 is 2.60 bits per heavy atom. The van der Waals surface area contributed by atoms with Gasteiger partial charge in [0.15, 0.2) is 5.78 Å². The highest BCUT2D eigenvalue weighted by atomic mass is 16.3. The van der Waals surface area contributed by atoms with Gasteiger partial charge in [0.05, 0.1) is 6.42 Å². The van der Waals surface area contributed by atoms with E-state index in [1.807, 2.05) is 0 Å². The van der Waals surface area contributed by atoms with Gasteiger partial charge in [0.25, 0.3) is 0 Å². The molecule has 0 aromatic heterocycles. The minimum absolute atomic E-state index is 0.00662. The first-order chi connectivity index (χ1) is 4.72. The predicted molar refractivity (Wildman–Crippen MR) is 33.4 cm³/mol. The molecular formula is C6H10O4. The molecule has 0 bridgehead atoms. The van der Waals surface area contributed by atoms with Crippen LogP contribution in [0.3, 0.4) is 0 Å². The number of Topliss-reactive ketones (excluding diaryl/α,β-unsaturated/α-hetero) is 1. The maximum absolute atomic E-state index is 10.5. The summed E-state index contributed by atoms with van der Waals surface area (Å²) in [5, 5.41) is 17.0. The van der Waals surface area contributed by atoms with Gasteiger partial charge in [-0.15, -0.1) is 0 Å². The fourth-order valence-electron chi connectivity index (χ4n) is 0.501. The lowest BCUT2D eigenvalue weighted by molar-refractivity contribution is -0.129. The molecule has 0 rings (SSSR count). The fraction of sp³-hybridized carbons (Fsp3) is 0.667. The molecule has 10 heavy (non-hydrogen) atoms. The Bertz CT molecular complexity index is 121. The molecule has 0 aliphatic rings. The van der Waals surface area contributed by atoms with Crippen LogP contribution < -0.4 is 0 Å². The number of aliphatic hydroxyl groups excluding tert-OH is 2. The van der Waals surface area contributed by atoms with Crippen LogP contribution >= 0.6 is 0 Å². The van der Waals surface area contributed by atoms with E-state index in [1.165, 1.54) is 0 Å². The summed E-state index contributed by atoms with van der Waals surface area (Å²) in [4.78, 5) is 20.3. The van der Waals surface area contributed by atoms with Gasteiger partial charge in [0.2, 0.25) is 0 Å². The quantitative estimate of drug-likeness (QED) is 0.381. The molecule has 0 saturated heterocycles. The summed E-state index contributed by atoms with van der Waals surface area (Å²) in [5.41, 5.74) is 0. The average molecular weight is 146 g/mol. The van der Waals surface area contributed by atoms with Crippen LogP contribution in [0.1, 0.15) is 12.8 Å². The molecule has 58 valence electrons. The molecule has 0 aliphatic heterocycles. The van der Waals surface area contributed by atoms with E-state index in [2.05, 4.69) is 0 Å². The molecule has 2 N–H and O–H groups in total. The molecule has 0 radical (unpaired) electrons. The molecule has 4 nitrogen and oxygen atoms in total. The van der Waals surface area contributed by atoms with Gasteiger partial charge in [0.1, 0.15) is 12.4 Å². The summed E-state index contributed by atoms with van der Waals surface area (Å²) in [6.07, 6.45) is -1.02. The van der Waals surface area contributed by atoms with Gasteiger partial charge < -0.3 is 15.0 Å². The van der Waals surface area contributed by atoms with Crippen molar-refractivity contribution in [1.29, 1.82) is 0 Å². The van der Waals surface area contributed by atoms with E-state index in [9.17, 15) is 9.59 Å². The zero-order valence-electron chi connectivity index (χ0n) is 5.49. The maximum atomic E-state index is 10.5. The summed E-state index contributed by atoms with van der Waals surface area (Å²) in [7, 11) is 0. The summed E-state index contributed by atoms with van der Waals surface area (Å²) < 4.78 is 0. The second-order valence-corrected chi connectivity index (χ2v) is 1.87. The number of carbonyl (C=O) groups is 2. The molecule has 0 spiro atoms. The van der Waals surface area contributed by atoms with Crippen molar-refractivity contribution in [3.63, 3.8) is 0 Å². The molecule has 1 atom stereocenters. The van der Waals surface area contributed by atoms with E-state index in [0.29, 0.717) is 6.29 Å². The summed E-state index contributed by atoms with van der Waals surface area (Å²) in [5.74, 6) is -0.538. The number of hydrogen-bond donors (Lipinski definition) is 2. The highest BCUT2D eigenvalue weighted by Crippen LogP contribution is 1.93. The van der Waals surface area contributed by atoms with Gasteiger partial charge in [-0.2, -0.15) is 0 Å². The number of rotatable bonds is 5. The Labute approximate surface area is 58.5 Å². The van der Waals surface area contributed by atoms with Crippen molar-refractivity contribution in [2.24, 2.45) is 0 Å². The van der Waals surface area contributed by atoms with Crippen molar-refractivity contribution in [1.82, 2.24) is 0 Å². The van der Waals surface area contributed by atoms with Crippen LogP contribution in [0, 0.1) is 0 Å². The lowest BCUT2D eigenvalue weighted by Crippen LogP contribution is -2.21. The molecule has 0 aliphatic carbocycles. The molecule has 0 aromatic carbocycles. The van der Waals surface area contributed by atoms with Crippen molar-refractivity contribution in [2.45, 2.75) is 18.9 Å². The SMILES string of the molecule is O=CCC(=O)C(O)CCO. The second-order valence-electron chi connectivity index (χ2n) is 1.87. The van der Waals surface area contributed by atoms with E-state index < -0.39 is 11.9 Å². The minimum atomic E-state index is -1.18. The van der Waals surface area contributed by atoms with Gasteiger partial charge >= 0.3 is 0 Å². The highest BCUT2D eigenvalue weighted by molar-refractivity contribution is 5.92. The van der Waals surface area contributed by atoms with Crippen LogP contribution in [-0.4, -0.2) is 35.0 Å². The third-order valence-corrected chi connectivity index (χ3v) is 1.06. The molecule has 0 saturated carbocycles. The third-order valence-electron chi connectivity index (χ3n) is 1.06. The lowest BCUT2D eigenvalue weighted by atomic mass is 10.1. The van der Waals surface area contributed by atoms with Crippen molar-refractivity contribution in [3.05, 3.63) is 0 Å². The number of aldehydes is 1. The predicted octanol–water partition coefficient (Wildman–Crippen LogP) is -1.11. The zero-order valence-corrected chi connectivity index (χ0v) is 5.49. The Hall–Kier alpha value is -0.740. The van der Waals surface area contributed by atoms with Gasteiger partial charge in [0, 0.05) is 13.0 Å². The second kappa shape index (κ2) is 5.08. The first-order valence-corrected chi connectivity index (χ1v) is 2.97. The zero-order chi connectivity index (χ0) is 7.98. The van der Waals surface area contributed by atoms with E-state index in [1.54, 1.807) is 0 Å². The Morgan fingerprint density at radius 1 is 1.60 bits per heavy atom. The minimum Gasteiger partial charge on any atom is -0.396 e. The first-order valence-electron chi connectivity index (χ1n) is 2.97. The third kappa shape index (κ3) is 3.32. The largest absolute Gasteiger partial charge is 0.396 e. The van der Waals surface area contributed by atoms with Crippen molar-refractivity contribution >= 4 is 12.1 Å². The molecule has 0 amide bonds. The van der Waals surface area contributed by atoms with Gasteiger partial charge in [-0.05, 0) is 0 Å². The molecule has 0 fully saturated rings. The van der Waals surface area contributed by atoms with E-state index in [0.717, 1.165) is 0 Å². The van der Waals surface area contributed by atoms with Crippen molar-refractivity contribution in [2.75, 3.05) is 6.61 Å². The number of carbonyl (C=O) groups excluding carboxylic acids is 2. The smallest absolute Gasteiger partial charge is 0.168 e. The van der Waals surface area contributed by atoms with E-state index in [-0.39, 0.29) is 19.4 Å². The Kier molecular flexibility index (Phi) is 4.70. The fourth-order valence-corrected chi connectivity index (χ4v) is 0.501. The molecule has 1 unspecified atom stereocenters. The topological polar surface area (TPSA) is 74.6 Å². The average Bonchev–Trinajstić information content (AvgIpc) is 1.89. The highest BCUT2D eigenvalue weighted by Gasteiger charge is 2.12. The summed E-state index contributed by atoms with van der Waals surface area (Å²) in [6, 6.07) is 0. The first kappa shape index (κ1) is 9.26. The van der Waals surface area contributed by atoms with Gasteiger partial charge in [-0.3, -0.25) is 4.79 Å². The number of ketones is 1. The van der Waals surface area contributed by atoms with E-state index in [4.69, 9.17) is 10.2 Å².